The summed E-state index contributed by atoms with van der Waals surface area (Å²) in [7, 11) is -3.81. The summed E-state index contributed by atoms with van der Waals surface area (Å²) in [5.74, 6) is -0.413. The van der Waals surface area contributed by atoms with Crippen LogP contribution in [0.2, 0.25) is 10.0 Å². The van der Waals surface area contributed by atoms with Gasteiger partial charge in [-0.15, -0.1) is 0 Å². The van der Waals surface area contributed by atoms with E-state index in [4.69, 9.17) is 23.2 Å². The Morgan fingerprint density at radius 3 is 2.00 bits per heavy atom. The molecule has 1 N–H and O–H groups in total. The molecule has 1 amide bonds. The average molecular weight is 426 g/mol. The molecule has 7 heteroatoms. The van der Waals surface area contributed by atoms with Crippen LogP contribution in [-0.2, 0) is 21.1 Å². The summed E-state index contributed by atoms with van der Waals surface area (Å²) in [6, 6.07) is 13.4. The SMILES string of the molecule is O=C(NCCc1ccc(Cl)cc1)C1(S(=O)(=O)c2ccc(Cl)cc2)CCCC1. The number of hydrogen-bond acceptors (Lipinski definition) is 3. The molecule has 2 aromatic rings. The Balaban J connectivity index is 1.76. The number of carbonyl (C=O) groups is 1. The third kappa shape index (κ3) is 4.15. The predicted octanol–water partition coefficient (Wildman–Crippen LogP) is 4.44. The molecule has 0 unspecified atom stereocenters. The van der Waals surface area contributed by atoms with Crippen LogP contribution < -0.4 is 5.32 Å². The monoisotopic (exact) mass is 425 g/mol. The largest absolute Gasteiger partial charge is 0.354 e. The standard InChI is InChI=1S/C20H21Cl2NO3S/c21-16-5-3-15(4-6-16)11-14-23-19(24)20(12-1-2-13-20)27(25,26)18-9-7-17(22)8-10-18/h3-10H,1-2,11-14H2,(H,23,24). The third-order valence-corrected chi connectivity index (χ3v) is 8.10. The van der Waals surface area contributed by atoms with E-state index in [1.807, 2.05) is 12.1 Å². The van der Waals surface area contributed by atoms with E-state index < -0.39 is 20.5 Å². The Kier molecular flexibility index (Phi) is 6.14. The number of hydrogen-bond donors (Lipinski definition) is 1. The summed E-state index contributed by atoms with van der Waals surface area (Å²) in [6.07, 6.45) is 2.73. The van der Waals surface area contributed by atoms with Crippen LogP contribution in [0.4, 0.5) is 0 Å². The molecule has 0 atom stereocenters. The van der Waals surface area contributed by atoms with E-state index in [0.29, 0.717) is 35.9 Å². The van der Waals surface area contributed by atoms with Gasteiger partial charge in [0.05, 0.1) is 4.90 Å². The van der Waals surface area contributed by atoms with Crippen LogP contribution in [-0.4, -0.2) is 25.6 Å². The average Bonchev–Trinajstić information content (AvgIpc) is 3.15. The highest BCUT2D eigenvalue weighted by Crippen LogP contribution is 2.41. The van der Waals surface area contributed by atoms with Gasteiger partial charge in [0.2, 0.25) is 5.91 Å². The fourth-order valence-corrected chi connectivity index (χ4v) is 5.88. The Morgan fingerprint density at radius 2 is 1.44 bits per heavy atom. The molecule has 4 nitrogen and oxygen atoms in total. The molecule has 0 heterocycles. The van der Waals surface area contributed by atoms with Crippen LogP contribution in [0, 0.1) is 0 Å². The maximum atomic E-state index is 13.3. The van der Waals surface area contributed by atoms with E-state index in [2.05, 4.69) is 5.32 Å². The zero-order valence-corrected chi connectivity index (χ0v) is 17.1. The van der Waals surface area contributed by atoms with Crippen LogP contribution >= 0.6 is 23.2 Å². The summed E-state index contributed by atoms with van der Waals surface area (Å²) in [4.78, 5) is 13.1. The van der Waals surface area contributed by atoms with Gasteiger partial charge in [0.25, 0.3) is 0 Å². The van der Waals surface area contributed by atoms with Crippen molar-refractivity contribution >= 4 is 38.9 Å². The van der Waals surface area contributed by atoms with Gasteiger partial charge in [0, 0.05) is 16.6 Å². The molecular weight excluding hydrogens is 405 g/mol. The molecule has 1 saturated carbocycles. The van der Waals surface area contributed by atoms with Gasteiger partial charge in [-0.3, -0.25) is 4.79 Å². The normalized spacial score (nSPS) is 16.2. The molecule has 1 aliphatic rings. The maximum Gasteiger partial charge on any atom is 0.241 e. The minimum absolute atomic E-state index is 0.140. The molecule has 0 bridgehead atoms. The van der Waals surface area contributed by atoms with Crippen LogP contribution in [0.3, 0.4) is 0 Å². The van der Waals surface area contributed by atoms with Crippen molar-refractivity contribution in [3.8, 4) is 0 Å². The van der Waals surface area contributed by atoms with Crippen LogP contribution in [0.15, 0.2) is 53.4 Å². The molecule has 0 aromatic heterocycles. The van der Waals surface area contributed by atoms with Gasteiger partial charge in [0.15, 0.2) is 14.6 Å². The van der Waals surface area contributed by atoms with Crippen LogP contribution in [0.25, 0.3) is 0 Å². The van der Waals surface area contributed by atoms with E-state index in [0.717, 1.165) is 18.4 Å². The number of halogens is 2. The number of carbonyl (C=O) groups excluding carboxylic acids is 1. The second-order valence-electron chi connectivity index (χ2n) is 6.79. The van der Waals surface area contributed by atoms with Crippen LogP contribution in [0.5, 0.6) is 0 Å². The highest BCUT2D eigenvalue weighted by Gasteiger charge is 2.52. The van der Waals surface area contributed by atoms with Gasteiger partial charge in [0.1, 0.15) is 0 Å². The second-order valence-corrected chi connectivity index (χ2v) is 9.92. The lowest BCUT2D eigenvalue weighted by Gasteiger charge is -2.27. The first-order valence-electron chi connectivity index (χ1n) is 8.88. The molecular formula is C20H21Cl2NO3S. The van der Waals surface area contributed by atoms with E-state index in [-0.39, 0.29) is 4.90 Å². The van der Waals surface area contributed by atoms with E-state index in [9.17, 15) is 13.2 Å². The molecule has 0 aliphatic heterocycles. The second kappa shape index (κ2) is 8.21. The molecule has 2 aromatic carbocycles. The molecule has 0 saturated heterocycles. The zero-order valence-electron chi connectivity index (χ0n) is 14.8. The zero-order chi connectivity index (χ0) is 19.5. The van der Waals surface area contributed by atoms with Crippen molar-refractivity contribution in [2.75, 3.05) is 6.54 Å². The fourth-order valence-electron chi connectivity index (χ4n) is 3.54. The molecule has 27 heavy (non-hydrogen) atoms. The quantitative estimate of drug-likeness (QED) is 0.743. The fraction of sp³-hybridized carbons (Fsp3) is 0.350. The van der Waals surface area contributed by atoms with Crippen molar-refractivity contribution in [1.29, 1.82) is 0 Å². The Hall–Kier alpha value is -1.56. The van der Waals surface area contributed by atoms with Gasteiger partial charge in [-0.05, 0) is 61.2 Å². The summed E-state index contributed by atoms with van der Waals surface area (Å²) >= 11 is 11.7. The van der Waals surface area contributed by atoms with Crippen molar-refractivity contribution < 1.29 is 13.2 Å². The Morgan fingerprint density at radius 1 is 0.926 bits per heavy atom. The van der Waals surface area contributed by atoms with Crippen molar-refractivity contribution in [2.45, 2.75) is 41.7 Å². The number of nitrogens with one attached hydrogen (secondary N) is 1. The summed E-state index contributed by atoms with van der Waals surface area (Å²) in [6.45, 7) is 0.373. The number of sulfone groups is 1. The lowest BCUT2D eigenvalue weighted by Crippen LogP contribution is -2.51. The summed E-state index contributed by atoms with van der Waals surface area (Å²) in [5.41, 5.74) is 1.03. The molecule has 0 radical (unpaired) electrons. The van der Waals surface area contributed by atoms with Gasteiger partial charge < -0.3 is 5.32 Å². The first-order chi connectivity index (χ1) is 12.8. The van der Waals surface area contributed by atoms with Crippen molar-refractivity contribution in [3.63, 3.8) is 0 Å². The topological polar surface area (TPSA) is 63.2 Å². The molecule has 144 valence electrons. The minimum Gasteiger partial charge on any atom is -0.354 e. The van der Waals surface area contributed by atoms with Crippen LogP contribution in [0.1, 0.15) is 31.2 Å². The highest BCUT2D eigenvalue weighted by atomic mass is 35.5. The molecule has 1 aliphatic carbocycles. The van der Waals surface area contributed by atoms with Gasteiger partial charge in [-0.25, -0.2) is 8.42 Å². The number of benzene rings is 2. The first-order valence-corrected chi connectivity index (χ1v) is 11.1. The summed E-state index contributed by atoms with van der Waals surface area (Å²) in [5, 5.41) is 3.95. The molecule has 1 fully saturated rings. The Bertz CT molecular complexity index is 903. The van der Waals surface area contributed by atoms with E-state index in [1.165, 1.54) is 24.3 Å². The van der Waals surface area contributed by atoms with Gasteiger partial charge in [-0.2, -0.15) is 0 Å². The number of rotatable bonds is 6. The maximum absolute atomic E-state index is 13.3. The lowest BCUT2D eigenvalue weighted by atomic mass is 10.1. The lowest BCUT2D eigenvalue weighted by molar-refractivity contribution is -0.123. The van der Waals surface area contributed by atoms with Gasteiger partial charge in [-0.1, -0.05) is 48.2 Å². The van der Waals surface area contributed by atoms with Crippen molar-refractivity contribution in [3.05, 3.63) is 64.1 Å². The summed E-state index contributed by atoms with van der Waals surface area (Å²) < 4.78 is 25.1. The van der Waals surface area contributed by atoms with Gasteiger partial charge >= 0.3 is 0 Å². The highest BCUT2D eigenvalue weighted by molar-refractivity contribution is 7.93. The van der Waals surface area contributed by atoms with E-state index in [1.54, 1.807) is 12.1 Å². The smallest absolute Gasteiger partial charge is 0.241 e. The number of amides is 1. The molecule has 0 spiro atoms. The Labute approximate surface area is 169 Å². The van der Waals surface area contributed by atoms with Crippen molar-refractivity contribution in [2.24, 2.45) is 0 Å². The van der Waals surface area contributed by atoms with Crippen molar-refractivity contribution in [1.82, 2.24) is 5.32 Å². The third-order valence-electron chi connectivity index (χ3n) is 5.08. The molecule has 3 rings (SSSR count). The van der Waals surface area contributed by atoms with E-state index >= 15 is 0 Å². The first kappa shape index (κ1) is 20.2. The predicted molar refractivity (Wildman–Crippen MR) is 108 cm³/mol. The minimum atomic E-state index is -3.81.